The Hall–Kier alpha value is -3.77. The molecule has 1 aromatic heterocycles. The zero-order chi connectivity index (χ0) is 25.5. The molecule has 0 atom stereocenters. The number of rotatable bonds is 12. The number of hydrogen-bond acceptors (Lipinski definition) is 5. The van der Waals surface area contributed by atoms with E-state index in [2.05, 4.69) is 77.1 Å². The Morgan fingerprint density at radius 2 is 1.62 bits per heavy atom. The number of nitrogens with zero attached hydrogens (tertiary/aromatic N) is 3. The lowest BCUT2D eigenvalue weighted by Crippen LogP contribution is -2.24. The Labute approximate surface area is 219 Å². The van der Waals surface area contributed by atoms with Gasteiger partial charge in [-0.05, 0) is 48.7 Å². The molecule has 1 aliphatic heterocycles. The molecule has 5 rings (SSSR count). The number of imidazole rings is 1. The van der Waals surface area contributed by atoms with Gasteiger partial charge in [0, 0.05) is 31.7 Å². The Morgan fingerprint density at radius 3 is 2.41 bits per heavy atom. The standard InChI is InChI=1S/C31H35N3O3/c1-3-5-17-34-27(19-32-31(34)26-9-7-6-8-10-26)22-33(20-24-11-14-28(15-12-24)35-4-2)21-25-13-16-29-30(18-25)37-23-36-29/h6-16,18-19H,3-5,17,20-23H2,1-2H3. The average molecular weight is 498 g/mol. The largest absolute Gasteiger partial charge is 0.494 e. The third kappa shape index (κ3) is 6.15. The average Bonchev–Trinajstić information content (AvgIpc) is 3.56. The van der Waals surface area contributed by atoms with Gasteiger partial charge in [0.05, 0.1) is 18.5 Å². The molecule has 3 aromatic carbocycles. The summed E-state index contributed by atoms with van der Waals surface area (Å²) in [5.74, 6) is 3.57. The van der Waals surface area contributed by atoms with Gasteiger partial charge >= 0.3 is 0 Å². The number of ether oxygens (including phenoxy) is 3. The number of hydrogen-bond donors (Lipinski definition) is 0. The molecule has 37 heavy (non-hydrogen) atoms. The van der Waals surface area contributed by atoms with E-state index in [-0.39, 0.29) is 6.79 Å². The second kappa shape index (κ2) is 12.0. The number of aromatic nitrogens is 2. The van der Waals surface area contributed by atoms with Crippen molar-refractivity contribution in [2.75, 3.05) is 13.4 Å². The van der Waals surface area contributed by atoms with E-state index in [4.69, 9.17) is 19.2 Å². The molecule has 2 heterocycles. The van der Waals surface area contributed by atoms with Gasteiger partial charge in [0.25, 0.3) is 0 Å². The molecule has 0 unspecified atom stereocenters. The van der Waals surface area contributed by atoms with E-state index in [9.17, 15) is 0 Å². The van der Waals surface area contributed by atoms with Crippen molar-refractivity contribution in [1.29, 1.82) is 0 Å². The fourth-order valence-corrected chi connectivity index (χ4v) is 4.73. The van der Waals surface area contributed by atoms with Crippen molar-refractivity contribution in [3.8, 4) is 28.6 Å². The molecule has 0 amide bonds. The first-order chi connectivity index (χ1) is 18.2. The maximum atomic E-state index is 5.65. The maximum Gasteiger partial charge on any atom is 0.231 e. The molecule has 0 bridgehead atoms. The zero-order valence-electron chi connectivity index (χ0n) is 21.7. The first-order valence-corrected chi connectivity index (χ1v) is 13.2. The van der Waals surface area contributed by atoms with Crippen LogP contribution in [0.3, 0.4) is 0 Å². The zero-order valence-corrected chi connectivity index (χ0v) is 21.7. The predicted molar refractivity (Wildman–Crippen MR) is 146 cm³/mol. The second-order valence-corrected chi connectivity index (χ2v) is 9.35. The van der Waals surface area contributed by atoms with Crippen LogP contribution in [0.1, 0.15) is 43.5 Å². The smallest absolute Gasteiger partial charge is 0.231 e. The fourth-order valence-electron chi connectivity index (χ4n) is 4.73. The minimum absolute atomic E-state index is 0.285. The summed E-state index contributed by atoms with van der Waals surface area (Å²) in [6.07, 6.45) is 4.30. The van der Waals surface area contributed by atoms with Crippen LogP contribution < -0.4 is 14.2 Å². The van der Waals surface area contributed by atoms with Crippen LogP contribution in [0.4, 0.5) is 0 Å². The lowest BCUT2D eigenvalue weighted by Gasteiger charge is -2.24. The summed E-state index contributed by atoms with van der Waals surface area (Å²) in [5.41, 5.74) is 4.81. The van der Waals surface area contributed by atoms with E-state index in [1.165, 1.54) is 16.8 Å². The molecule has 1 aliphatic rings. The Bertz CT molecular complexity index is 1290. The first kappa shape index (κ1) is 24.9. The van der Waals surface area contributed by atoms with Crippen LogP contribution in [0.15, 0.2) is 79.0 Å². The van der Waals surface area contributed by atoms with Crippen LogP contribution >= 0.6 is 0 Å². The minimum atomic E-state index is 0.285. The molecular weight excluding hydrogens is 462 g/mol. The van der Waals surface area contributed by atoms with Gasteiger partial charge in [0.15, 0.2) is 11.5 Å². The summed E-state index contributed by atoms with van der Waals surface area (Å²) < 4.78 is 19.2. The van der Waals surface area contributed by atoms with Gasteiger partial charge in [-0.1, -0.05) is 61.9 Å². The fraction of sp³-hybridized carbons (Fsp3) is 0.323. The molecule has 6 nitrogen and oxygen atoms in total. The van der Waals surface area contributed by atoms with Crippen LogP contribution in [0.5, 0.6) is 17.2 Å². The normalized spacial score (nSPS) is 12.3. The molecule has 0 fully saturated rings. The third-order valence-electron chi connectivity index (χ3n) is 6.57. The molecule has 0 aliphatic carbocycles. The van der Waals surface area contributed by atoms with Gasteiger partial charge in [-0.25, -0.2) is 4.98 Å². The van der Waals surface area contributed by atoms with Gasteiger partial charge in [-0.15, -0.1) is 0 Å². The summed E-state index contributed by atoms with van der Waals surface area (Å²) in [5, 5.41) is 0. The molecule has 0 saturated heterocycles. The summed E-state index contributed by atoms with van der Waals surface area (Å²) in [6.45, 7) is 8.52. The SMILES string of the molecule is CCCCn1c(CN(Cc2ccc(OCC)cc2)Cc2ccc3c(c2)OCO3)cnc1-c1ccccc1. The highest BCUT2D eigenvalue weighted by molar-refractivity contribution is 5.56. The van der Waals surface area contributed by atoms with E-state index in [0.29, 0.717) is 6.61 Å². The summed E-state index contributed by atoms with van der Waals surface area (Å²) >= 11 is 0. The van der Waals surface area contributed by atoms with E-state index in [0.717, 1.165) is 67.7 Å². The molecule has 6 heteroatoms. The molecule has 0 saturated carbocycles. The molecule has 0 spiro atoms. The maximum absolute atomic E-state index is 5.65. The number of benzene rings is 3. The second-order valence-electron chi connectivity index (χ2n) is 9.35. The number of unbranched alkanes of at least 4 members (excludes halogenated alkanes) is 1. The van der Waals surface area contributed by atoms with Gasteiger partial charge in [0.2, 0.25) is 6.79 Å². The number of fused-ring (bicyclic) bond motifs is 1. The highest BCUT2D eigenvalue weighted by Crippen LogP contribution is 2.33. The van der Waals surface area contributed by atoms with Gasteiger partial charge in [0.1, 0.15) is 11.6 Å². The summed E-state index contributed by atoms with van der Waals surface area (Å²) in [4.78, 5) is 7.33. The van der Waals surface area contributed by atoms with Crippen molar-refractivity contribution < 1.29 is 14.2 Å². The van der Waals surface area contributed by atoms with Crippen molar-refractivity contribution in [3.05, 3.63) is 95.8 Å². The van der Waals surface area contributed by atoms with Crippen molar-refractivity contribution in [2.24, 2.45) is 0 Å². The molecule has 0 radical (unpaired) electrons. The lowest BCUT2D eigenvalue weighted by molar-refractivity contribution is 0.174. The van der Waals surface area contributed by atoms with Crippen molar-refractivity contribution in [3.63, 3.8) is 0 Å². The highest BCUT2D eigenvalue weighted by atomic mass is 16.7. The van der Waals surface area contributed by atoms with Crippen LogP contribution in [-0.4, -0.2) is 27.9 Å². The van der Waals surface area contributed by atoms with E-state index in [1.807, 2.05) is 25.3 Å². The van der Waals surface area contributed by atoms with Gasteiger partial charge in [-0.3, -0.25) is 4.90 Å². The first-order valence-electron chi connectivity index (χ1n) is 13.2. The Balaban J connectivity index is 1.43. The van der Waals surface area contributed by atoms with Crippen LogP contribution in [0, 0.1) is 0 Å². The van der Waals surface area contributed by atoms with Crippen molar-refractivity contribution >= 4 is 0 Å². The Kier molecular flexibility index (Phi) is 8.06. The third-order valence-corrected chi connectivity index (χ3v) is 6.57. The van der Waals surface area contributed by atoms with Crippen LogP contribution in [0.2, 0.25) is 0 Å². The van der Waals surface area contributed by atoms with E-state index >= 15 is 0 Å². The minimum Gasteiger partial charge on any atom is -0.494 e. The van der Waals surface area contributed by atoms with E-state index < -0.39 is 0 Å². The van der Waals surface area contributed by atoms with Crippen molar-refractivity contribution in [1.82, 2.24) is 14.5 Å². The molecule has 0 N–H and O–H groups in total. The van der Waals surface area contributed by atoms with Gasteiger partial charge in [-0.2, -0.15) is 0 Å². The lowest BCUT2D eigenvalue weighted by atomic mass is 10.1. The van der Waals surface area contributed by atoms with Crippen molar-refractivity contribution in [2.45, 2.75) is 52.9 Å². The Morgan fingerprint density at radius 1 is 0.865 bits per heavy atom. The highest BCUT2D eigenvalue weighted by Gasteiger charge is 2.18. The summed E-state index contributed by atoms with van der Waals surface area (Å²) in [7, 11) is 0. The van der Waals surface area contributed by atoms with Gasteiger partial charge < -0.3 is 18.8 Å². The molecular formula is C31H35N3O3. The monoisotopic (exact) mass is 497 g/mol. The van der Waals surface area contributed by atoms with E-state index in [1.54, 1.807) is 0 Å². The topological polar surface area (TPSA) is 48.8 Å². The molecule has 4 aromatic rings. The van der Waals surface area contributed by atoms with Crippen LogP contribution in [0.25, 0.3) is 11.4 Å². The van der Waals surface area contributed by atoms with Crippen LogP contribution in [-0.2, 0) is 26.2 Å². The quantitative estimate of drug-likeness (QED) is 0.218. The summed E-state index contributed by atoms with van der Waals surface area (Å²) in [6, 6.07) is 25.1. The predicted octanol–water partition coefficient (Wildman–Crippen LogP) is 6.68. The molecule has 192 valence electrons.